The number of halogens is 3. The quantitative estimate of drug-likeness (QED) is 0.794. The Kier molecular flexibility index (Phi) is 5.22. The fourth-order valence-corrected chi connectivity index (χ4v) is 3.57. The number of piperazine rings is 1. The number of carbonyl (C=O) groups is 2. The van der Waals surface area contributed by atoms with Crippen molar-refractivity contribution in [1.82, 2.24) is 19.6 Å². The molecule has 144 valence electrons. The fourth-order valence-electron chi connectivity index (χ4n) is 3.57. The highest BCUT2D eigenvalue weighted by molar-refractivity contribution is 5.97. The molecule has 0 bridgehead atoms. The van der Waals surface area contributed by atoms with Crippen molar-refractivity contribution in [2.45, 2.75) is 31.5 Å². The molecule has 26 heavy (non-hydrogen) atoms. The fraction of sp³-hybridized carbons (Fsp3) is 0.688. The number of anilines is 1. The van der Waals surface area contributed by atoms with Gasteiger partial charge in [0.15, 0.2) is 0 Å². The summed E-state index contributed by atoms with van der Waals surface area (Å²) < 4.78 is 38.7. The standard InChI is InChI=1S/C16H22F3N5O2/c1-21-11-12(10-20-21)24-4-2-3-13(15(24)26)22-5-7-23(8-6-22)14(25)9-16(17,18)19/h10-11,13H,2-9H2,1H3/t13-/m1/s1. The average molecular weight is 373 g/mol. The van der Waals surface area contributed by atoms with E-state index in [1.54, 1.807) is 29.0 Å². The highest BCUT2D eigenvalue weighted by atomic mass is 19.4. The predicted molar refractivity (Wildman–Crippen MR) is 87.4 cm³/mol. The van der Waals surface area contributed by atoms with Crippen molar-refractivity contribution in [3.8, 4) is 0 Å². The largest absolute Gasteiger partial charge is 0.397 e. The Bertz CT molecular complexity index is 667. The molecule has 2 aliphatic rings. The molecule has 1 atom stereocenters. The zero-order valence-electron chi connectivity index (χ0n) is 14.6. The van der Waals surface area contributed by atoms with Gasteiger partial charge in [-0.1, -0.05) is 0 Å². The van der Waals surface area contributed by atoms with Crippen LogP contribution in [-0.2, 0) is 16.6 Å². The van der Waals surface area contributed by atoms with Gasteiger partial charge in [0.05, 0.1) is 17.9 Å². The summed E-state index contributed by atoms with van der Waals surface area (Å²) in [5, 5.41) is 4.10. The third-order valence-corrected chi connectivity index (χ3v) is 4.87. The van der Waals surface area contributed by atoms with Crippen LogP contribution in [0.2, 0.25) is 0 Å². The van der Waals surface area contributed by atoms with Gasteiger partial charge < -0.3 is 9.80 Å². The van der Waals surface area contributed by atoms with Gasteiger partial charge in [0.25, 0.3) is 0 Å². The molecule has 0 saturated carbocycles. The van der Waals surface area contributed by atoms with E-state index < -0.39 is 18.5 Å². The topological polar surface area (TPSA) is 61.7 Å². The summed E-state index contributed by atoms with van der Waals surface area (Å²) in [6.07, 6.45) is -0.922. The lowest BCUT2D eigenvalue weighted by Crippen LogP contribution is -2.58. The summed E-state index contributed by atoms with van der Waals surface area (Å²) in [5.74, 6) is -0.913. The number of hydrogen-bond donors (Lipinski definition) is 0. The average Bonchev–Trinajstić information content (AvgIpc) is 3.00. The summed E-state index contributed by atoms with van der Waals surface area (Å²) in [5.41, 5.74) is 0.751. The molecule has 0 aromatic carbocycles. The maximum atomic E-state index is 12.9. The maximum absolute atomic E-state index is 12.9. The van der Waals surface area contributed by atoms with Crippen LogP contribution in [0.25, 0.3) is 0 Å². The van der Waals surface area contributed by atoms with Crippen LogP contribution in [0.4, 0.5) is 18.9 Å². The number of rotatable bonds is 3. The third-order valence-electron chi connectivity index (χ3n) is 4.87. The number of aromatic nitrogens is 2. The molecule has 3 rings (SSSR count). The van der Waals surface area contributed by atoms with Gasteiger partial charge in [-0.15, -0.1) is 0 Å². The molecule has 2 fully saturated rings. The van der Waals surface area contributed by atoms with Gasteiger partial charge >= 0.3 is 6.18 Å². The molecule has 7 nitrogen and oxygen atoms in total. The second kappa shape index (κ2) is 7.26. The van der Waals surface area contributed by atoms with Crippen molar-refractivity contribution in [2.24, 2.45) is 7.05 Å². The number of carbonyl (C=O) groups excluding carboxylic acids is 2. The van der Waals surface area contributed by atoms with Crippen LogP contribution in [0, 0.1) is 0 Å². The van der Waals surface area contributed by atoms with Gasteiger partial charge in [0.1, 0.15) is 6.42 Å². The SMILES string of the molecule is Cn1cc(N2CCC[C@@H](N3CCN(C(=O)CC(F)(F)F)CC3)C2=O)cn1. The Balaban J connectivity index is 1.58. The number of piperidine rings is 1. The van der Waals surface area contributed by atoms with E-state index in [0.717, 1.165) is 12.1 Å². The molecular formula is C16H22F3N5O2. The molecule has 2 saturated heterocycles. The van der Waals surface area contributed by atoms with Gasteiger partial charge in [0, 0.05) is 46.0 Å². The van der Waals surface area contributed by atoms with Crippen LogP contribution in [0.1, 0.15) is 19.3 Å². The van der Waals surface area contributed by atoms with Crippen molar-refractivity contribution in [3.05, 3.63) is 12.4 Å². The van der Waals surface area contributed by atoms with E-state index in [2.05, 4.69) is 5.10 Å². The lowest BCUT2D eigenvalue weighted by atomic mass is 10.0. The molecule has 0 N–H and O–H groups in total. The van der Waals surface area contributed by atoms with Gasteiger partial charge in [0.2, 0.25) is 11.8 Å². The van der Waals surface area contributed by atoms with Crippen LogP contribution in [0.3, 0.4) is 0 Å². The lowest BCUT2D eigenvalue weighted by molar-refractivity contribution is -0.162. The van der Waals surface area contributed by atoms with E-state index in [4.69, 9.17) is 0 Å². The van der Waals surface area contributed by atoms with Crippen LogP contribution in [-0.4, -0.2) is 76.3 Å². The van der Waals surface area contributed by atoms with Crippen molar-refractivity contribution in [3.63, 3.8) is 0 Å². The van der Waals surface area contributed by atoms with Crippen molar-refractivity contribution in [1.29, 1.82) is 0 Å². The Morgan fingerprint density at radius 1 is 1.23 bits per heavy atom. The van der Waals surface area contributed by atoms with Crippen molar-refractivity contribution >= 4 is 17.5 Å². The van der Waals surface area contributed by atoms with Gasteiger partial charge in [-0.05, 0) is 12.8 Å². The predicted octanol–water partition coefficient (Wildman–Crippen LogP) is 1.01. The second-order valence-electron chi connectivity index (χ2n) is 6.73. The van der Waals surface area contributed by atoms with E-state index in [9.17, 15) is 22.8 Å². The summed E-state index contributed by atoms with van der Waals surface area (Å²) in [6.45, 7) is 1.87. The highest BCUT2D eigenvalue weighted by Crippen LogP contribution is 2.25. The number of alkyl halides is 3. The Morgan fingerprint density at radius 2 is 1.92 bits per heavy atom. The van der Waals surface area contributed by atoms with Gasteiger partial charge in [-0.25, -0.2) is 0 Å². The molecule has 10 heteroatoms. The van der Waals surface area contributed by atoms with E-state index in [0.29, 0.717) is 26.1 Å². The molecule has 1 aromatic rings. The first-order valence-corrected chi connectivity index (χ1v) is 8.63. The highest BCUT2D eigenvalue weighted by Gasteiger charge is 2.38. The van der Waals surface area contributed by atoms with Gasteiger partial charge in [-0.3, -0.25) is 19.2 Å². The molecule has 0 aliphatic carbocycles. The minimum absolute atomic E-state index is 0.0145. The van der Waals surface area contributed by atoms with E-state index in [-0.39, 0.29) is 25.0 Å². The number of hydrogen-bond acceptors (Lipinski definition) is 4. The van der Waals surface area contributed by atoms with Crippen molar-refractivity contribution in [2.75, 3.05) is 37.6 Å². The lowest BCUT2D eigenvalue weighted by Gasteiger charge is -2.42. The summed E-state index contributed by atoms with van der Waals surface area (Å²) in [4.78, 5) is 29.5. The summed E-state index contributed by atoms with van der Waals surface area (Å²) in [7, 11) is 1.78. The maximum Gasteiger partial charge on any atom is 0.397 e. The van der Waals surface area contributed by atoms with E-state index in [1.807, 2.05) is 4.90 Å². The number of nitrogens with zero attached hydrogens (tertiary/aromatic N) is 5. The minimum atomic E-state index is -4.49. The van der Waals surface area contributed by atoms with Gasteiger partial charge in [-0.2, -0.15) is 18.3 Å². The van der Waals surface area contributed by atoms with Crippen LogP contribution < -0.4 is 4.90 Å². The third kappa shape index (κ3) is 4.17. The first kappa shape index (κ1) is 18.7. The Morgan fingerprint density at radius 3 is 2.50 bits per heavy atom. The van der Waals surface area contributed by atoms with Crippen LogP contribution in [0.15, 0.2) is 12.4 Å². The molecule has 3 heterocycles. The zero-order chi connectivity index (χ0) is 18.9. The molecule has 0 spiro atoms. The van der Waals surface area contributed by atoms with Crippen molar-refractivity contribution < 1.29 is 22.8 Å². The number of aryl methyl sites for hydroxylation is 1. The second-order valence-corrected chi connectivity index (χ2v) is 6.73. The van der Waals surface area contributed by atoms with Crippen LogP contribution >= 0.6 is 0 Å². The smallest absolute Gasteiger partial charge is 0.340 e. The molecule has 1 aromatic heterocycles. The Labute approximate surface area is 149 Å². The molecule has 0 unspecified atom stereocenters. The first-order chi connectivity index (χ1) is 12.2. The summed E-state index contributed by atoms with van der Waals surface area (Å²) >= 11 is 0. The first-order valence-electron chi connectivity index (χ1n) is 8.63. The minimum Gasteiger partial charge on any atom is -0.340 e. The van der Waals surface area contributed by atoms with E-state index >= 15 is 0 Å². The molecule has 2 amide bonds. The monoisotopic (exact) mass is 373 g/mol. The van der Waals surface area contributed by atoms with E-state index in [1.165, 1.54) is 4.90 Å². The Hall–Kier alpha value is -2.10. The van der Waals surface area contributed by atoms with Crippen LogP contribution in [0.5, 0.6) is 0 Å². The normalized spacial score (nSPS) is 22.8. The zero-order valence-corrected chi connectivity index (χ0v) is 14.6. The molecule has 2 aliphatic heterocycles. The molecular weight excluding hydrogens is 351 g/mol. The summed E-state index contributed by atoms with van der Waals surface area (Å²) in [6, 6.07) is -0.302. The number of amides is 2. The molecule has 0 radical (unpaired) electrons.